The molecule has 5 atom stereocenters. The Morgan fingerprint density at radius 1 is 0.692 bits per heavy atom. The van der Waals surface area contributed by atoms with Gasteiger partial charge >= 0.3 is 0 Å². The van der Waals surface area contributed by atoms with Crippen molar-refractivity contribution in [3.8, 4) is 0 Å². The van der Waals surface area contributed by atoms with Crippen molar-refractivity contribution < 1.29 is 36.3 Å². The molecule has 0 saturated carbocycles. The van der Waals surface area contributed by atoms with Crippen LogP contribution in [0.4, 0.5) is 0 Å². The van der Waals surface area contributed by atoms with E-state index in [2.05, 4.69) is 0 Å². The van der Waals surface area contributed by atoms with Crippen molar-refractivity contribution in [3.63, 3.8) is 0 Å². The van der Waals surface area contributed by atoms with Crippen LogP contribution < -0.4 is 0 Å². The molecule has 3 aromatic rings. The molecule has 3 aromatic carbocycles. The number of ether oxygens (including phenoxy) is 4. The zero-order valence-corrected chi connectivity index (χ0v) is 22.7. The van der Waals surface area contributed by atoms with Gasteiger partial charge in [0.05, 0.1) is 38.8 Å². The normalized spacial score (nSPS) is 23.4. The van der Waals surface area contributed by atoms with Gasteiger partial charge < -0.3 is 23.7 Å². The summed E-state index contributed by atoms with van der Waals surface area (Å²) in [6.45, 7) is 0.911. The van der Waals surface area contributed by atoms with E-state index in [1.807, 2.05) is 91.0 Å². The zero-order chi connectivity index (χ0) is 27.5. The van der Waals surface area contributed by atoms with Gasteiger partial charge in [-0.15, -0.1) is 0 Å². The molecule has 8 nitrogen and oxygen atoms in total. The molecule has 0 aliphatic carbocycles. The summed E-state index contributed by atoms with van der Waals surface area (Å²) in [6.07, 6.45) is -2.67. The van der Waals surface area contributed by atoms with Crippen molar-refractivity contribution in [1.29, 1.82) is 0 Å². The quantitative estimate of drug-likeness (QED) is 0.217. The van der Waals surface area contributed by atoms with Crippen LogP contribution in [-0.4, -0.2) is 58.1 Å². The lowest BCUT2D eigenvalue weighted by atomic mass is 9.93. The molecule has 208 valence electrons. The van der Waals surface area contributed by atoms with Gasteiger partial charge in [0.2, 0.25) is 0 Å². The van der Waals surface area contributed by atoms with Gasteiger partial charge in [0.15, 0.2) is 0 Å². The predicted octanol–water partition coefficient (Wildman–Crippen LogP) is 4.08. The van der Waals surface area contributed by atoms with Gasteiger partial charge in [-0.25, -0.2) is 0 Å². The smallest absolute Gasteiger partial charge is 0.264 e. The van der Waals surface area contributed by atoms with E-state index >= 15 is 0 Å². The zero-order valence-electron chi connectivity index (χ0n) is 21.8. The van der Waals surface area contributed by atoms with Crippen molar-refractivity contribution in [3.05, 3.63) is 108 Å². The molecule has 1 saturated heterocycles. The van der Waals surface area contributed by atoms with Crippen LogP contribution >= 0.6 is 0 Å². The third kappa shape index (κ3) is 9.06. The number of hydrogen-bond donors (Lipinski definition) is 0. The van der Waals surface area contributed by atoms with Gasteiger partial charge in [0, 0.05) is 6.42 Å². The summed E-state index contributed by atoms with van der Waals surface area (Å²) in [5.41, 5.74) is 2.82. The molecule has 0 aromatic heterocycles. The Morgan fingerprint density at radius 2 is 1.18 bits per heavy atom. The van der Waals surface area contributed by atoms with Gasteiger partial charge in [-0.2, -0.15) is 8.42 Å². The number of carbonyl (C=O) groups excluding carboxylic acids is 1. The van der Waals surface area contributed by atoms with Crippen LogP contribution in [-0.2, 0) is 57.9 Å². The van der Waals surface area contributed by atoms with Crippen molar-refractivity contribution in [1.82, 2.24) is 0 Å². The SMILES string of the molecule is CS(=O)(=O)O[C@@H]1[C@@H](OCc2ccccc2)[C@H](OCc2ccccc2)[C@@H](COCc2ccccc2)O[C@H]1CC=O. The average Bonchev–Trinajstić information content (AvgIpc) is 2.94. The summed E-state index contributed by atoms with van der Waals surface area (Å²) in [7, 11) is -3.91. The fourth-order valence-corrected chi connectivity index (χ4v) is 5.16. The number of carbonyl (C=O) groups is 1. The lowest BCUT2D eigenvalue weighted by molar-refractivity contribution is -0.254. The van der Waals surface area contributed by atoms with Crippen LogP contribution in [0, 0.1) is 0 Å². The fraction of sp³-hybridized carbons (Fsp3) is 0.367. The molecule has 39 heavy (non-hydrogen) atoms. The molecule has 0 N–H and O–H groups in total. The van der Waals surface area contributed by atoms with Crippen LogP contribution in [0.3, 0.4) is 0 Å². The third-order valence-corrected chi connectivity index (χ3v) is 6.88. The second-order valence-corrected chi connectivity index (χ2v) is 11.0. The Bertz CT molecular complexity index is 1240. The highest BCUT2D eigenvalue weighted by Crippen LogP contribution is 2.32. The highest BCUT2D eigenvalue weighted by atomic mass is 32.2. The number of aldehydes is 1. The molecular weight excluding hydrogens is 520 g/mol. The Labute approximate surface area is 229 Å². The van der Waals surface area contributed by atoms with Crippen molar-refractivity contribution in [2.24, 2.45) is 0 Å². The van der Waals surface area contributed by atoms with E-state index in [1.54, 1.807) is 0 Å². The van der Waals surface area contributed by atoms with Crippen molar-refractivity contribution >= 4 is 16.4 Å². The second kappa shape index (κ2) is 14.5. The van der Waals surface area contributed by atoms with E-state index in [4.69, 9.17) is 23.1 Å². The fourth-order valence-electron chi connectivity index (χ4n) is 4.52. The van der Waals surface area contributed by atoms with Crippen molar-refractivity contribution in [2.75, 3.05) is 12.9 Å². The first kappa shape index (κ1) is 29.1. The topological polar surface area (TPSA) is 97.4 Å². The molecule has 4 rings (SSSR count). The molecule has 1 aliphatic rings. The predicted molar refractivity (Wildman–Crippen MR) is 145 cm³/mol. The van der Waals surface area contributed by atoms with Gasteiger partial charge in [0.25, 0.3) is 10.1 Å². The minimum atomic E-state index is -3.91. The number of hydrogen-bond acceptors (Lipinski definition) is 8. The second-order valence-electron chi connectivity index (χ2n) is 9.40. The van der Waals surface area contributed by atoms with Crippen molar-refractivity contribution in [2.45, 2.75) is 56.8 Å². The maximum absolute atomic E-state index is 12.3. The van der Waals surface area contributed by atoms with Gasteiger partial charge in [-0.05, 0) is 16.7 Å². The molecule has 1 aliphatic heterocycles. The molecule has 0 bridgehead atoms. The average molecular weight is 555 g/mol. The van der Waals surface area contributed by atoms with E-state index in [1.165, 1.54) is 0 Å². The first-order chi connectivity index (χ1) is 18.9. The molecule has 0 spiro atoms. The number of benzene rings is 3. The molecule has 1 heterocycles. The molecule has 9 heteroatoms. The van der Waals surface area contributed by atoms with Gasteiger partial charge in [-0.1, -0.05) is 91.0 Å². The Morgan fingerprint density at radius 3 is 1.67 bits per heavy atom. The lowest BCUT2D eigenvalue weighted by Crippen LogP contribution is -2.61. The summed E-state index contributed by atoms with van der Waals surface area (Å²) < 4.78 is 55.0. The summed E-state index contributed by atoms with van der Waals surface area (Å²) >= 11 is 0. The van der Waals surface area contributed by atoms with E-state index in [0.29, 0.717) is 12.9 Å². The monoisotopic (exact) mass is 554 g/mol. The largest absolute Gasteiger partial charge is 0.374 e. The minimum absolute atomic E-state index is 0.0774. The maximum atomic E-state index is 12.3. The summed E-state index contributed by atoms with van der Waals surface area (Å²) in [4.78, 5) is 11.6. The van der Waals surface area contributed by atoms with E-state index in [-0.39, 0.29) is 26.2 Å². The summed E-state index contributed by atoms with van der Waals surface area (Å²) in [5, 5.41) is 0. The van der Waals surface area contributed by atoms with Gasteiger partial charge in [-0.3, -0.25) is 4.18 Å². The van der Waals surface area contributed by atoms with Crippen LogP contribution in [0.2, 0.25) is 0 Å². The van der Waals surface area contributed by atoms with Gasteiger partial charge in [0.1, 0.15) is 30.7 Å². The number of rotatable bonds is 14. The maximum Gasteiger partial charge on any atom is 0.264 e. The standard InChI is InChI=1S/C30H34O8S/c1-39(32,33)38-29-26(17-18-31)37-27(22-34-19-23-11-5-2-6-12-23)28(35-20-24-13-7-3-8-14-24)30(29)36-21-25-15-9-4-10-16-25/h2-16,18,26-30H,17,19-22H2,1H3/t26-,27+,28+,29-,30-/m0/s1. The van der Waals surface area contributed by atoms with Crippen LogP contribution in [0.15, 0.2) is 91.0 Å². The highest BCUT2D eigenvalue weighted by Gasteiger charge is 2.49. The van der Waals surface area contributed by atoms with E-state index in [9.17, 15) is 13.2 Å². The highest BCUT2D eigenvalue weighted by molar-refractivity contribution is 7.86. The van der Waals surface area contributed by atoms with Crippen LogP contribution in [0.25, 0.3) is 0 Å². The lowest BCUT2D eigenvalue weighted by Gasteiger charge is -2.45. The molecular formula is C30H34O8S. The first-order valence-corrected chi connectivity index (χ1v) is 14.6. The summed E-state index contributed by atoms with van der Waals surface area (Å²) in [5.74, 6) is 0. The molecule has 1 fully saturated rings. The molecule has 0 amide bonds. The Kier molecular flexibility index (Phi) is 10.8. The minimum Gasteiger partial charge on any atom is -0.374 e. The van der Waals surface area contributed by atoms with E-state index in [0.717, 1.165) is 22.9 Å². The molecule has 0 unspecified atom stereocenters. The van der Waals surface area contributed by atoms with Crippen LogP contribution in [0.1, 0.15) is 23.1 Å². The first-order valence-electron chi connectivity index (χ1n) is 12.8. The summed E-state index contributed by atoms with van der Waals surface area (Å²) in [6, 6.07) is 28.8. The Hall–Kier alpha value is -2.92. The van der Waals surface area contributed by atoms with Crippen LogP contribution in [0.5, 0.6) is 0 Å². The van der Waals surface area contributed by atoms with E-state index < -0.39 is 40.6 Å². The third-order valence-electron chi connectivity index (χ3n) is 6.31. The Balaban J connectivity index is 1.61. The molecule has 0 radical (unpaired) electrons.